The van der Waals surface area contributed by atoms with Crippen molar-refractivity contribution in [1.82, 2.24) is 0 Å². The molecule has 1 saturated carbocycles. The molecule has 3 aliphatic rings. The zero-order chi connectivity index (χ0) is 23.2. The van der Waals surface area contributed by atoms with Crippen molar-refractivity contribution in [2.45, 2.75) is 90.0 Å². The number of aliphatic hydroxyl groups excluding tert-OH is 4. The lowest BCUT2D eigenvalue weighted by molar-refractivity contribution is -0.251. The SMILES string of the molecule is CC(=O)OC(C)(C)[C@H]1CC2=C(C)C(=O)C[C@@H]2[C@@H](C)C[C@H]1[C@@H]1O[C@H](CO)[C@@H](O)[C@H](O)[C@H]1O. The minimum atomic E-state index is -1.46. The number of carbonyl (C=O) groups excluding carboxylic acids is 2. The molecule has 2 fully saturated rings. The van der Waals surface area contributed by atoms with Gasteiger partial charge in [-0.15, -0.1) is 0 Å². The molecule has 3 rings (SSSR count). The van der Waals surface area contributed by atoms with Crippen LogP contribution in [0.2, 0.25) is 0 Å². The van der Waals surface area contributed by atoms with E-state index in [9.17, 15) is 30.0 Å². The lowest BCUT2D eigenvalue weighted by Gasteiger charge is -2.48. The van der Waals surface area contributed by atoms with Crippen LogP contribution >= 0.6 is 0 Å². The number of hydrogen-bond acceptors (Lipinski definition) is 8. The number of allylic oxidation sites excluding steroid dienone is 2. The Morgan fingerprint density at radius 1 is 1.16 bits per heavy atom. The molecule has 0 aromatic carbocycles. The molecule has 0 aromatic heterocycles. The Kier molecular flexibility index (Phi) is 6.99. The molecule has 9 atom stereocenters. The molecular weight excluding hydrogens is 404 g/mol. The average Bonchev–Trinajstić information content (AvgIpc) is 2.87. The predicted molar refractivity (Wildman–Crippen MR) is 111 cm³/mol. The molecule has 1 aliphatic heterocycles. The molecule has 176 valence electrons. The summed E-state index contributed by atoms with van der Waals surface area (Å²) in [6.45, 7) is 8.38. The standard InChI is InChI=1S/C23H36O8/c1-10-6-15(22-21(29)20(28)19(27)18(9-24)30-22)16(23(4,5)31-12(3)25)7-14-11(2)17(26)8-13(10)14/h10,13,15-16,18-22,24,27-29H,6-9H2,1-5H3/t10-,13+,15+,16-,18+,19+,20-,21+,22-/m0/s1. The molecule has 0 bridgehead atoms. The zero-order valence-electron chi connectivity index (χ0n) is 18.9. The van der Waals surface area contributed by atoms with E-state index in [1.807, 2.05) is 20.8 Å². The van der Waals surface area contributed by atoms with E-state index < -0.39 is 48.7 Å². The molecule has 0 spiro atoms. The smallest absolute Gasteiger partial charge is 0.303 e. The molecule has 8 heteroatoms. The minimum absolute atomic E-state index is 0.0815. The number of rotatable bonds is 4. The maximum absolute atomic E-state index is 12.4. The van der Waals surface area contributed by atoms with Crippen molar-refractivity contribution < 1.29 is 39.5 Å². The highest BCUT2D eigenvalue weighted by Crippen LogP contribution is 2.51. The van der Waals surface area contributed by atoms with Crippen LogP contribution in [0.15, 0.2) is 11.1 Å². The number of esters is 1. The van der Waals surface area contributed by atoms with Gasteiger partial charge in [0.25, 0.3) is 0 Å². The molecule has 1 saturated heterocycles. The molecule has 8 nitrogen and oxygen atoms in total. The molecule has 31 heavy (non-hydrogen) atoms. The van der Waals surface area contributed by atoms with Gasteiger partial charge < -0.3 is 29.9 Å². The first-order chi connectivity index (χ1) is 14.4. The molecule has 1 heterocycles. The van der Waals surface area contributed by atoms with Crippen LogP contribution in [0.1, 0.15) is 53.9 Å². The Morgan fingerprint density at radius 3 is 2.39 bits per heavy atom. The van der Waals surface area contributed by atoms with E-state index in [0.29, 0.717) is 19.3 Å². The van der Waals surface area contributed by atoms with Crippen LogP contribution in [-0.4, -0.2) is 74.9 Å². The second-order valence-corrected chi connectivity index (χ2v) is 10.1. The van der Waals surface area contributed by atoms with Gasteiger partial charge in [-0.2, -0.15) is 0 Å². The maximum atomic E-state index is 12.4. The van der Waals surface area contributed by atoms with Crippen molar-refractivity contribution in [2.75, 3.05) is 6.61 Å². The summed E-state index contributed by atoms with van der Waals surface area (Å²) in [5.41, 5.74) is 0.896. The van der Waals surface area contributed by atoms with Crippen LogP contribution in [0.3, 0.4) is 0 Å². The first-order valence-electron chi connectivity index (χ1n) is 11.1. The number of aliphatic hydroxyl groups is 4. The van der Waals surface area contributed by atoms with Gasteiger partial charge in [0.15, 0.2) is 5.78 Å². The quantitative estimate of drug-likeness (QED) is 0.471. The van der Waals surface area contributed by atoms with Crippen molar-refractivity contribution in [3.63, 3.8) is 0 Å². The van der Waals surface area contributed by atoms with Crippen LogP contribution in [0.4, 0.5) is 0 Å². The lowest BCUT2D eigenvalue weighted by atomic mass is 9.70. The summed E-state index contributed by atoms with van der Waals surface area (Å²) >= 11 is 0. The Labute approximate surface area is 183 Å². The van der Waals surface area contributed by atoms with Crippen LogP contribution in [0.5, 0.6) is 0 Å². The van der Waals surface area contributed by atoms with Crippen molar-refractivity contribution in [2.24, 2.45) is 23.7 Å². The molecule has 2 aliphatic carbocycles. The number of hydrogen-bond donors (Lipinski definition) is 4. The molecule has 0 unspecified atom stereocenters. The number of Topliss-reactive ketones (excluding diaryl/α,β-unsaturated/α-hetero) is 1. The van der Waals surface area contributed by atoms with E-state index in [1.165, 1.54) is 6.92 Å². The Hall–Kier alpha value is -1.32. The highest BCUT2D eigenvalue weighted by molar-refractivity contribution is 5.98. The van der Waals surface area contributed by atoms with E-state index in [4.69, 9.17) is 9.47 Å². The fraction of sp³-hybridized carbons (Fsp3) is 0.826. The summed E-state index contributed by atoms with van der Waals surface area (Å²) in [6, 6.07) is 0. The summed E-state index contributed by atoms with van der Waals surface area (Å²) in [7, 11) is 0. The van der Waals surface area contributed by atoms with Crippen LogP contribution in [0, 0.1) is 23.7 Å². The second-order valence-electron chi connectivity index (χ2n) is 10.1. The van der Waals surface area contributed by atoms with E-state index >= 15 is 0 Å². The minimum Gasteiger partial charge on any atom is -0.460 e. The van der Waals surface area contributed by atoms with E-state index in [-0.39, 0.29) is 29.5 Å². The average molecular weight is 441 g/mol. The summed E-state index contributed by atoms with van der Waals surface area (Å²) in [6.07, 6.45) is -4.59. The Morgan fingerprint density at radius 2 is 1.81 bits per heavy atom. The molecule has 0 aromatic rings. The fourth-order valence-electron chi connectivity index (χ4n) is 5.98. The van der Waals surface area contributed by atoms with Crippen LogP contribution in [0.25, 0.3) is 0 Å². The fourth-order valence-corrected chi connectivity index (χ4v) is 5.98. The monoisotopic (exact) mass is 440 g/mol. The van der Waals surface area contributed by atoms with Gasteiger partial charge in [0.05, 0.1) is 12.7 Å². The highest BCUT2D eigenvalue weighted by atomic mass is 16.6. The topological polar surface area (TPSA) is 134 Å². The first-order valence-corrected chi connectivity index (χ1v) is 11.1. The van der Waals surface area contributed by atoms with Gasteiger partial charge in [-0.3, -0.25) is 9.59 Å². The van der Waals surface area contributed by atoms with Gasteiger partial charge in [0.1, 0.15) is 30.0 Å². The molecule has 4 N–H and O–H groups in total. The van der Waals surface area contributed by atoms with Gasteiger partial charge in [0, 0.05) is 19.3 Å². The zero-order valence-corrected chi connectivity index (χ0v) is 18.9. The van der Waals surface area contributed by atoms with Crippen molar-refractivity contribution >= 4 is 11.8 Å². The first kappa shape index (κ1) is 24.3. The number of fused-ring (bicyclic) bond motifs is 1. The Balaban J connectivity index is 2.05. The van der Waals surface area contributed by atoms with E-state index in [2.05, 4.69) is 6.92 Å². The maximum Gasteiger partial charge on any atom is 0.303 e. The Bertz CT molecular complexity index is 742. The number of ketones is 1. The molecule has 0 radical (unpaired) electrons. The van der Waals surface area contributed by atoms with Gasteiger partial charge in [0.2, 0.25) is 0 Å². The predicted octanol–water partition coefficient (Wildman–Crippen LogP) is 0.738. The van der Waals surface area contributed by atoms with Crippen LogP contribution < -0.4 is 0 Å². The van der Waals surface area contributed by atoms with Crippen molar-refractivity contribution in [3.05, 3.63) is 11.1 Å². The summed E-state index contributed by atoms with van der Waals surface area (Å²) in [4.78, 5) is 24.3. The van der Waals surface area contributed by atoms with Gasteiger partial charge in [-0.05, 0) is 56.9 Å². The second kappa shape index (κ2) is 8.90. The third-order valence-corrected chi connectivity index (χ3v) is 7.69. The van der Waals surface area contributed by atoms with E-state index in [0.717, 1.165) is 11.1 Å². The van der Waals surface area contributed by atoms with Gasteiger partial charge >= 0.3 is 5.97 Å². The number of ether oxygens (including phenoxy) is 2. The van der Waals surface area contributed by atoms with Gasteiger partial charge in [-0.1, -0.05) is 12.5 Å². The largest absolute Gasteiger partial charge is 0.460 e. The third-order valence-electron chi connectivity index (χ3n) is 7.69. The normalized spacial score (nSPS) is 41.7. The summed E-state index contributed by atoms with van der Waals surface area (Å²) in [5.74, 6) is -0.746. The molecular formula is C23H36O8. The van der Waals surface area contributed by atoms with Gasteiger partial charge in [-0.25, -0.2) is 0 Å². The summed E-state index contributed by atoms with van der Waals surface area (Å²) in [5, 5.41) is 41.0. The highest BCUT2D eigenvalue weighted by Gasteiger charge is 2.54. The molecule has 0 amide bonds. The third kappa shape index (κ3) is 4.46. The lowest BCUT2D eigenvalue weighted by Crippen LogP contribution is -2.62. The summed E-state index contributed by atoms with van der Waals surface area (Å²) < 4.78 is 11.6. The van der Waals surface area contributed by atoms with Crippen molar-refractivity contribution in [3.8, 4) is 0 Å². The van der Waals surface area contributed by atoms with Crippen molar-refractivity contribution in [1.29, 1.82) is 0 Å². The van der Waals surface area contributed by atoms with Crippen LogP contribution in [-0.2, 0) is 19.1 Å². The van der Waals surface area contributed by atoms with E-state index in [1.54, 1.807) is 0 Å². The number of carbonyl (C=O) groups is 2.